The number of nitro groups is 1. The van der Waals surface area contributed by atoms with Crippen LogP contribution in [0, 0.1) is 21.4 Å². The summed E-state index contributed by atoms with van der Waals surface area (Å²) in [6, 6.07) is 7.17. The molecule has 0 radical (unpaired) electrons. The lowest BCUT2D eigenvalue weighted by Gasteiger charge is -2.48. The first kappa shape index (κ1) is 30.8. The Kier molecular flexibility index (Phi) is 8.93. The molecule has 5 heterocycles. The molecule has 0 saturated carbocycles. The maximum Gasteiger partial charge on any atom is 0.356 e. The lowest BCUT2D eigenvalue weighted by molar-refractivity contribution is -0.385. The largest absolute Gasteiger partial charge is 0.490 e. The zero-order chi connectivity index (χ0) is 31.6. The molecule has 0 amide bonds. The molecule has 12 heteroatoms. The van der Waals surface area contributed by atoms with Crippen molar-refractivity contribution in [2.75, 3.05) is 69.8 Å². The number of aryl methyl sites for hydroxylation is 1. The normalized spacial score (nSPS) is 19.1. The summed E-state index contributed by atoms with van der Waals surface area (Å²) in [5, 5.41) is 16.1. The smallest absolute Gasteiger partial charge is 0.356 e. The summed E-state index contributed by atoms with van der Waals surface area (Å²) in [5.74, 6) is 0.516. The zero-order valence-electron chi connectivity index (χ0n) is 26.5. The molecule has 6 rings (SSSR count). The van der Waals surface area contributed by atoms with Crippen molar-refractivity contribution < 1.29 is 19.2 Å². The number of hydrogen-bond donors (Lipinski definition) is 0. The Morgan fingerprint density at radius 1 is 1.00 bits per heavy atom. The maximum atomic E-state index is 11.8. The third-order valence-corrected chi connectivity index (χ3v) is 10.2. The third-order valence-electron chi connectivity index (χ3n) is 10.2. The molecule has 1 aromatic carbocycles. The Morgan fingerprint density at radius 2 is 1.71 bits per heavy atom. The number of carbonyl (C=O) groups excluding carboxylic acids is 1. The van der Waals surface area contributed by atoms with Gasteiger partial charge in [-0.3, -0.25) is 14.8 Å². The van der Waals surface area contributed by atoms with Crippen molar-refractivity contribution in [3.63, 3.8) is 0 Å². The van der Waals surface area contributed by atoms with Crippen LogP contribution in [0.15, 0.2) is 42.9 Å². The van der Waals surface area contributed by atoms with E-state index in [-0.39, 0.29) is 16.4 Å². The molecule has 240 valence electrons. The van der Waals surface area contributed by atoms with Gasteiger partial charge < -0.3 is 24.2 Å². The van der Waals surface area contributed by atoms with E-state index in [0.717, 1.165) is 81.2 Å². The molecule has 0 unspecified atom stereocenters. The van der Waals surface area contributed by atoms with Gasteiger partial charge in [0.1, 0.15) is 5.69 Å². The van der Waals surface area contributed by atoms with Gasteiger partial charge in [0.05, 0.1) is 37.2 Å². The summed E-state index contributed by atoms with van der Waals surface area (Å²) in [7, 11) is 4.71. The first-order valence-corrected chi connectivity index (χ1v) is 15.9. The number of esters is 1. The van der Waals surface area contributed by atoms with Gasteiger partial charge in [-0.1, -0.05) is 0 Å². The monoisotopic (exact) mass is 617 g/mol. The van der Waals surface area contributed by atoms with Crippen molar-refractivity contribution in [3.05, 3.63) is 58.7 Å². The lowest BCUT2D eigenvalue weighted by atomic mass is 9.71. The van der Waals surface area contributed by atoms with E-state index in [4.69, 9.17) is 9.47 Å². The Hall–Kier alpha value is -4.19. The maximum absolute atomic E-state index is 11.8. The molecule has 3 saturated heterocycles. The van der Waals surface area contributed by atoms with Crippen molar-refractivity contribution in [2.24, 2.45) is 18.4 Å². The predicted molar refractivity (Wildman–Crippen MR) is 172 cm³/mol. The number of piperidine rings is 3. The van der Waals surface area contributed by atoms with Crippen molar-refractivity contribution in [1.82, 2.24) is 19.7 Å². The van der Waals surface area contributed by atoms with E-state index in [1.54, 1.807) is 29.2 Å². The molecule has 3 aliphatic rings. The summed E-state index contributed by atoms with van der Waals surface area (Å²) in [6.45, 7) is 7.29. The quantitative estimate of drug-likeness (QED) is 0.198. The highest BCUT2D eigenvalue weighted by molar-refractivity contribution is 5.87. The number of anilines is 2. The Bertz CT molecular complexity index is 1500. The van der Waals surface area contributed by atoms with E-state index >= 15 is 0 Å². The number of nitrogens with zero attached hydrogens (tertiary/aromatic N) is 7. The lowest BCUT2D eigenvalue weighted by Crippen LogP contribution is -2.48. The standard InChI is InChI=1S/C33H43N7O5/c1-36-23-25(20-35-36)27-18-30(40(42)43)31(44-2)19-29(27)39-12-6-24(7-13-39)22-37-14-8-33(9-15-37)10-16-38(17-11-33)26-4-5-28(34-21-26)32(41)45-3/h4-5,18-21,23-24H,6-17,22H2,1-3H3. The molecule has 0 atom stereocenters. The highest BCUT2D eigenvalue weighted by atomic mass is 16.6. The zero-order valence-corrected chi connectivity index (χ0v) is 26.5. The van der Waals surface area contributed by atoms with Crippen LogP contribution in [-0.2, 0) is 11.8 Å². The number of ether oxygens (including phenoxy) is 2. The fourth-order valence-corrected chi connectivity index (χ4v) is 7.39. The van der Waals surface area contributed by atoms with Gasteiger partial charge in [0.15, 0.2) is 5.75 Å². The number of methoxy groups -OCH3 is 2. The van der Waals surface area contributed by atoms with Gasteiger partial charge >= 0.3 is 11.7 Å². The minimum Gasteiger partial charge on any atom is -0.490 e. The number of pyridine rings is 1. The minimum absolute atomic E-state index is 0.0326. The van der Waals surface area contributed by atoms with Gasteiger partial charge in [0.25, 0.3) is 0 Å². The van der Waals surface area contributed by atoms with Crippen LogP contribution in [0.5, 0.6) is 5.75 Å². The second-order valence-corrected chi connectivity index (χ2v) is 12.8. The van der Waals surface area contributed by atoms with Gasteiger partial charge in [-0.25, -0.2) is 9.78 Å². The summed E-state index contributed by atoms with van der Waals surface area (Å²) >= 11 is 0. The number of benzene rings is 1. The second kappa shape index (κ2) is 13.0. The van der Waals surface area contributed by atoms with E-state index in [2.05, 4.69) is 24.8 Å². The second-order valence-electron chi connectivity index (χ2n) is 12.8. The SMILES string of the molecule is COC(=O)c1ccc(N2CCC3(CCN(CC4CCN(c5cc(OC)c([N+](=O)[O-])cc5-c5cnn(C)c5)CC4)CC3)CC2)cn1. The van der Waals surface area contributed by atoms with Crippen LogP contribution in [-0.4, -0.2) is 90.6 Å². The number of nitro benzene ring substituents is 1. The molecule has 1 spiro atoms. The average molecular weight is 618 g/mol. The van der Waals surface area contributed by atoms with Gasteiger partial charge in [-0.15, -0.1) is 0 Å². The highest BCUT2D eigenvalue weighted by Gasteiger charge is 2.38. The summed E-state index contributed by atoms with van der Waals surface area (Å²) in [6.07, 6.45) is 12.5. The molecule has 2 aromatic heterocycles. The Labute approximate surface area is 264 Å². The summed E-state index contributed by atoms with van der Waals surface area (Å²) in [5.41, 5.74) is 4.44. The van der Waals surface area contributed by atoms with Crippen molar-refractivity contribution in [2.45, 2.75) is 38.5 Å². The van der Waals surface area contributed by atoms with E-state index in [1.807, 2.05) is 25.4 Å². The van der Waals surface area contributed by atoms with Crippen LogP contribution in [0.4, 0.5) is 17.1 Å². The fraction of sp³-hybridized carbons (Fsp3) is 0.545. The first-order chi connectivity index (χ1) is 21.8. The van der Waals surface area contributed by atoms with Crippen LogP contribution >= 0.6 is 0 Å². The minimum atomic E-state index is -0.406. The molecule has 3 aliphatic heterocycles. The molecular weight excluding hydrogens is 574 g/mol. The number of likely N-dealkylation sites (tertiary alicyclic amines) is 1. The number of rotatable bonds is 8. The van der Waals surface area contributed by atoms with Gasteiger partial charge in [-0.2, -0.15) is 5.10 Å². The van der Waals surface area contributed by atoms with Gasteiger partial charge in [0.2, 0.25) is 0 Å². The van der Waals surface area contributed by atoms with Crippen molar-refractivity contribution >= 4 is 23.0 Å². The van der Waals surface area contributed by atoms with Crippen LogP contribution in [0.3, 0.4) is 0 Å². The third kappa shape index (κ3) is 6.61. The van der Waals surface area contributed by atoms with E-state index in [1.165, 1.54) is 39.9 Å². The van der Waals surface area contributed by atoms with E-state index in [0.29, 0.717) is 17.0 Å². The molecule has 0 bridgehead atoms. The van der Waals surface area contributed by atoms with Crippen LogP contribution < -0.4 is 14.5 Å². The van der Waals surface area contributed by atoms with Crippen LogP contribution in [0.1, 0.15) is 49.0 Å². The fourth-order valence-electron chi connectivity index (χ4n) is 7.39. The number of carbonyl (C=O) groups is 1. The molecule has 12 nitrogen and oxygen atoms in total. The number of hydrogen-bond acceptors (Lipinski definition) is 10. The molecule has 0 aliphatic carbocycles. The topological polar surface area (TPSA) is 119 Å². The average Bonchev–Trinajstić information content (AvgIpc) is 3.51. The molecular formula is C33H43N7O5. The first-order valence-electron chi connectivity index (χ1n) is 15.9. The Balaban J connectivity index is 1.01. The number of aromatic nitrogens is 3. The Morgan fingerprint density at radius 3 is 2.29 bits per heavy atom. The molecule has 3 fully saturated rings. The molecule has 3 aromatic rings. The predicted octanol–water partition coefficient (Wildman–Crippen LogP) is 4.78. The van der Waals surface area contributed by atoms with E-state index < -0.39 is 5.97 Å². The van der Waals surface area contributed by atoms with Crippen molar-refractivity contribution in [1.29, 1.82) is 0 Å². The summed E-state index contributed by atoms with van der Waals surface area (Å²) in [4.78, 5) is 34.8. The van der Waals surface area contributed by atoms with Crippen molar-refractivity contribution in [3.8, 4) is 16.9 Å². The van der Waals surface area contributed by atoms with Crippen LogP contribution in [0.2, 0.25) is 0 Å². The highest BCUT2D eigenvalue weighted by Crippen LogP contribution is 2.44. The van der Waals surface area contributed by atoms with Gasteiger partial charge in [-0.05, 0) is 75.1 Å². The molecule has 0 N–H and O–H groups in total. The van der Waals surface area contributed by atoms with Crippen LogP contribution in [0.25, 0.3) is 11.1 Å². The van der Waals surface area contributed by atoms with E-state index in [9.17, 15) is 14.9 Å². The molecule has 45 heavy (non-hydrogen) atoms. The van der Waals surface area contributed by atoms with Gasteiger partial charge in [0, 0.05) is 74.9 Å². The summed E-state index contributed by atoms with van der Waals surface area (Å²) < 4.78 is 11.9.